The van der Waals surface area contributed by atoms with E-state index in [9.17, 15) is 4.79 Å². The van der Waals surface area contributed by atoms with Gasteiger partial charge in [0.15, 0.2) is 5.78 Å². The van der Waals surface area contributed by atoms with Crippen molar-refractivity contribution in [3.63, 3.8) is 0 Å². The van der Waals surface area contributed by atoms with E-state index in [0.717, 1.165) is 36.0 Å². The second-order valence-electron chi connectivity index (χ2n) is 9.42. The summed E-state index contributed by atoms with van der Waals surface area (Å²) >= 11 is 0. The topological polar surface area (TPSA) is 17.1 Å². The third kappa shape index (κ3) is 1.53. The molecule has 5 aliphatic rings. The van der Waals surface area contributed by atoms with Gasteiger partial charge in [-0.1, -0.05) is 25.5 Å². The lowest BCUT2D eigenvalue weighted by molar-refractivity contribution is -0.111. The molecule has 7 atom stereocenters. The highest BCUT2D eigenvalue weighted by Gasteiger charge is 2.62. The van der Waals surface area contributed by atoms with Crippen LogP contribution < -0.4 is 0 Å². The Kier molecular flexibility index (Phi) is 2.57. The molecule has 0 aromatic heterocycles. The van der Waals surface area contributed by atoms with Gasteiger partial charge in [-0.3, -0.25) is 4.79 Å². The average molecular weight is 296 g/mol. The fourth-order valence-corrected chi connectivity index (χ4v) is 7.51. The van der Waals surface area contributed by atoms with Crippen LogP contribution in [0.15, 0.2) is 23.8 Å². The summed E-state index contributed by atoms with van der Waals surface area (Å²) in [5.41, 5.74) is 2.26. The van der Waals surface area contributed by atoms with E-state index < -0.39 is 0 Å². The molecule has 0 amide bonds. The van der Waals surface area contributed by atoms with Gasteiger partial charge < -0.3 is 0 Å². The largest absolute Gasteiger partial charge is 0.290 e. The van der Waals surface area contributed by atoms with Crippen LogP contribution in [-0.2, 0) is 4.79 Å². The molecule has 2 unspecified atom stereocenters. The van der Waals surface area contributed by atoms with Gasteiger partial charge in [0.2, 0.25) is 0 Å². The molecule has 4 saturated carbocycles. The Morgan fingerprint density at radius 1 is 1.09 bits per heavy atom. The Hall–Kier alpha value is -0.850. The first-order chi connectivity index (χ1) is 10.5. The molecule has 22 heavy (non-hydrogen) atoms. The van der Waals surface area contributed by atoms with E-state index in [4.69, 9.17) is 0 Å². The van der Waals surface area contributed by atoms with E-state index in [1.54, 1.807) is 0 Å². The summed E-state index contributed by atoms with van der Waals surface area (Å²) in [7, 11) is 0. The molecule has 5 aliphatic carbocycles. The molecular formula is C21H28O. The molecule has 0 aromatic carbocycles. The minimum absolute atomic E-state index is 0.181. The molecule has 4 fully saturated rings. The van der Waals surface area contributed by atoms with Crippen LogP contribution in [0, 0.1) is 40.4 Å². The summed E-state index contributed by atoms with van der Waals surface area (Å²) in [5.74, 6) is 4.99. The van der Waals surface area contributed by atoms with Gasteiger partial charge in [0, 0.05) is 5.41 Å². The number of allylic oxidation sites excluding steroid dienone is 4. The highest BCUT2D eigenvalue weighted by atomic mass is 16.1. The number of hydrogen-bond donors (Lipinski definition) is 0. The van der Waals surface area contributed by atoms with Crippen LogP contribution in [0.3, 0.4) is 0 Å². The first kappa shape index (κ1) is 13.6. The van der Waals surface area contributed by atoms with Gasteiger partial charge >= 0.3 is 0 Å². The van der Waals surface area contributed by atoms with Crippen LogP contribution in [0.1, 0.15) is 58.8 Å². The highest BCUT2D eigenvalue weighted by Crippen LogP contribution is 2.70. The van der Waals surface area contributed by atoms with E-state index in [0.29, 0.717) is 5.41 Å². The Bertz CT molecular complexity index is 599. The van der Waals surface area contributed by atoms with Crippen molar-refractivity contribution in [1.29, 1.82) is 0 Å². The van der Waals surface area contributed by atoms with Gasteiger partial charge in [-0.05, 0) is 92.1 Å². The normalized spacial score (nSPS) is 55.5. The van der Waals surface area contributed by atoms with Crippen molar-refractivity contribution >= 4 is 5.78 Å². The zero-order chi connectivity index (χ0) is 15.1. The number of rotatable bonds is 0. The maximum absolute atomic E-state index is 11.8. The standard InChI is InChI=1S/C21H28O/c1-20-9-8-18-17(19(20)16-5-3-13(16)12-20)6-4-14-11-15(22)7-10-21(14,18)2/h7,10-11,13,16-19H,3-6,8-9,12H2,1-2H3/t13?,16?,17-,18+,19+,20-,21+/m1/s1. The van der Waals surface area contributed by atoms with Gasteiger partial charge in [-0.25, -0.2) is 0 Å². The van der Waals surface area contributed by atoms with Gasteiger partial charge in [0.25, 0.3) is 0 Å². The average Bonchev–Trinajstić information content (AvgIpc) is 2.67. The summed E-state index contributed by atoms with van der Waals surface area (Å²) < 4.78 is 0. The molecule has 0 bridgehead atoms. The lowest BCUT2D eigenvalue weighted by Gasteiger charge is -2.57. The molecule has 0 aliphatic heterocycles. The number of hydrogen-bond acceptors (Lipinski definition) is 1. The van der Waals surface area contributed by atoms with E-state index in [-0.39, 0.29) is 11.2 Å². The van der Waals surface area contributed by atoms with Crippen molar-refractivity contribution in [3.05, 3.63) is 23.8 Å². The van der Waals surface area contributed by atoms with Crippen molar-refractivity contribution in [2.45, 2.75) is 58.8 Å². The quantitative estimate of drug-likeness (QED) is 0.619. The lowest BCUT2D eigenvalue weighted by atomic mass is 9.47. The first-order valence-corrected chi connectivity index (χ1v) is 9.45. The van der Waals surface area contributed by atoms with Crippen molar-refractivity contribution in [3.8, 4) is 0 Å². The molecule has 0 heterocycles. The molecule has 0 spiro atoms. The summed E-state index contributed by atoms with van der Waals surface area (Å²) in [6, 6.07) is 0. The predicted octanol–water partition coefficient (Wildman–Crippen LogP) is 4.93. The Morgan fingerprint density at radius 3 is 2.73 bits per heavy atom. The van der Waals surface area contributed by atoms with Crippen LogP contribution in [-0.4, -0.2) is 5.78 Å². The predicted molar refractivity (Wildman–Crippen MR) is 88.2 cm³/mol. The summed E-state index contributed by atoms with van der Waals surface area (Å²) in [5, 5.41) is 0. The third-order valence-electron chi connectivity index (χ3n) is 8.59. The molecule has 5 rings (SSSR count). The molecule has 0 radical (unpaired) electrons. The molecule has 0 saturated heterocycles. The van der Waals surface area contributed by atoms with E-state index in [1.165, 1.54) is 44.1 Å². The molecule has 0 aromatic rings. The molecular weight excluding hydrogens is 268 g/mol. The second kappa shape index (κ2) is 4.16. The summed E-state index contributed by atoms with van der Waals surface area (Å²) in [6.07, 6.45) is 15.9. The maximum atomic E-state index is 11.8. The van der Waals surface area contributed by atoms with Crippen LogP contribution in [0.4, 0.5) is 0 Å². The molecule has 1 nitrogen and oxygen atoms in total. The van der Waals surface area contributed by atoms with Crippen LogP contribution >= 0.6 is 0 Å². The highest BCUT2D eigenvalue weighted by molar-refractivity contribution is 6.01. The second-order valence-corrected chi connectivity index (χ2v) is 9.42. The third-order valence-corrected chi connectivity index (χ3v) is 8.59. The van der Waals surface area contributed by atoms with Crippen molar-refractivity contribution in [2.75, 3.05) is 0 Å². The van der Waals surface area contributed by atoms with Crippen LogP contribution in [0.5, 0.6) is 0 Å². The van der Waals surface area contributed by atoms with E-state index in [1.807, 2.05) is 12.2 Å². The number of carbonyl (C=O) groups excluding carboxylic acids is 1. The molecule has 118 valence electrons. The summed E-state index contributed by atoms with van der Waals surface area (Å²) in [4.78, 5) is 11.8. The Balaban J connectivity index is 1.54. The minimum Gasteiger partial charge on any atom is -0.290 e. The Morgan fingerprint density at radius 2 is 1.95 bits per heavy atom. The van der Waals surface area contributed by atoms with Gasteiger partial charge in [-0.15, -0.1) is 0 Å². The van der Waals surface area contributed by atoms with Crippen molar-refractivity contribution < 1.29 is 4.79 Å². The SMILES string of the molecule is C[C@]12CC[C@H]3[C@@H](CCC4=CC(=O)C=C[C@@]43C)[C@@H]1C1CCC1C2. The molecule has 0 N–H and O–H groups in total. The van der Waals surface area contributed by atoms with Gasteiger partial charge in [0.05, 0.1) is 0 Å². The van der Waals surface area contributed by atoms with E-state index >= 15 is 0 Å². The number of ketones is 1. The van der Waals surface area contributed by atoms with Gasteiger partial charge in [-0.2, -0.15) is 0 Å². The van der Waals surface area contributed by atoms with Crippen molar-refractivity contribution in [1.82, 2.24) is 0 Å². The lowest BCUT2D eigenvalue weighted by Crippen LogP contribution is -2.50. The first-order valence-electron chi connectivity index (χ1n) is 9.45. The smallest absolute Gasteiger partial charge is 0.178 e. The zero-order valence-corrected chi connectivity index (χ0v) is 14.0. The van der Waals surface area contributed by atoms with Gasteiger partial charge in [0.1, 0.15) is 0 Å². The monoisotopic (exact) mass is 296 g/mol. The zero-order valence-electron chi connectivity index (χ0n) is 14.0. The minimum atomic E-state index is 0.181. The fourth-order valence-electron chi connectivity index (χ4n) is 7.51. The van der Waals surface area contributed by atoms with E-state index in [2.05, 4.69) is 19.9 Å². The Labute approximate surface area is 134 Å². The van der Waals surface area contributed by atoms with Crippen LogP contribution in [0.2, 0.25) is 0 Å². The summed E-state index contributed by atoms with van der Waals surface area (Å²) in [6.45, 7) is 5.04. The van der Waals surface area contributed by atoms with Crippen LogP contribution in [0.25, 0.3) is 0 Å². The fraction of sp³-hybridized carbons (Fsp3) is 0.762. The van der Waals surface area contributed by atoms with Crippen molar-refractivity contribution in [2.24, 2.45) is 40.4 Å². The number of fused-ring (bicyclic) bond motifs is 7. The number of carbonyl (C=O) groups is 1. The molecule has 1 heteroatoms. The maximum Gasteiger partial charge on any atom is 0.178 e.